The van der Waals surface area contributed by atoms with E-state index in [4.69, 9.17) is 5.73 Å². The lowest BCUT2D eigenvalue weighted by molar-refractivity contribution is 0.0382. The van der Waals surface area contributed by atoms with Gasteiger partial charge in [0.05, 0.1) is 0 Å². The van der Waals surface area contributed by atoms with E-state index in [1.165, 1.54) is 19.2 Å². The van der Waals surface area contributed by atoms with Crippen molar-refractivity contribution in [1.82, 2.24) is 4.98 Å². The van der Waals surface area contributed by atoms with Gasteiger partial charge in [-0.1, -0.05) is 6.58 Å². The third kappa shape index (κ3) is 2.36. The lowest BCUT2D eigenvalue weighted by atomic mass is 10.1. The van der Waals surface area contributed by atoms with Crippen LogP contribution in [0.5, 0.6) is 0 Å². The number of nitrogens with zero attached hydrogens (tertiary/aromatic N) is 2. The fraction of sp³-hybridized carbons (Fsp3) is 0.462. The van der Waals surface area contributed by atoms with Gasteiger partial charge >= 0.3 is 0 Å². The van der Waals surface area contributed by atoms with Crippen LogP contribution >= 0.6 is 0 Å². The van der Waals surface area contributed by atoms with Crippen molar-refractivity contribution < 1.29 is 8.78 Å². The summed E-state index contributed by atoms with van der Waals surface area (Å²) in [6, 6.07) is 3.16. The van der Waals surface area contributed by atoms with Crippen LogP contribution in [0, 0.1) is 0 Å². The summed E-state index contributed by atoms with van der Waals surface area (Å²) in [6.45, 7) is 6.17. The van der Waals surface area contributed by atoms with Crippen molar-refractivity contribution in [2.24, 2.45) is 5.73 Å². The molecular formula is C13H17F2N3. The number of hydrogen-bond donors (Lipinski definition) is 1. The molecule has 0 spiro atoms. The lowest BCUT2D eigenvalue weighted by Gasteiger charge is -2.19. The Balaban J connectivity index is 2.18. The number of hydrogen-bond acceptors (Lipinski definition) is 3. The summed E-state index contributed by atoms with van der Waals surface area (Å²) in [5.41, 5.74) is 5.50. The second-order valence-electron chi connectivity index (χ2n) is 4.75. The number of rotatable bonds is 3. The van der Waals surface area contributed by atoms with Gasteiger partial charge in [-0.25, -0.2) is 4.98 Å². The maximum atomic E-state index is 13.7. The molecule has 0 aliphatic carbocycles. The first-order valence-electron chi connectivity index (χ1n) is 5.92. The van der Waals surface area contributed by atoms with Gasteiger partial charge in [0.2, 0.25) is 0 Å². The fourth-order valence-electron chi connectivity index (χ4n) is 2.00. The predicted octanol–water partition coefficient (Wildman–Crippen LogP) is 2.29. The molecule has 1 aromatic heterocycles. The number of pyridine rings is 1. The molecule has 0 bridgehead atoms. The fourth-order valence-corrected chi connectivity index (χ4v) is 2.00. The quantitative estimate of drug-likeness (QED) is 0.840. The minimum atomic E-state index is -3.02. The molecule has 1 atom stereocenters. The normalized spacial score (nSPS) is 20.2. The van der Waals surface area contributed by atoms with Crippen LogP contribution in [0.1, 0.15) is 18.9 Å². The standard InChI is InChI=1S/C13H17F2N3/c1-9(2)13(14,15)10-3-4-12(17-7-10)18-6-5-11(16)8-18/h3-4,7,11H,1,5-6,8,16H2,2H3. The van der Waals surface area contributed by atoms with E-state index >= 15 is 0 Å². The first kappa shape index (κ1) is 13.0. The zero-order valence-corrected chi connectivity index (χ0v) is 10.4. The summed E-state index contributed by atoms with van der Waals surface area (Å²) in [4.78, 5) is 6.10. The van der Waals surface area contributed by atoms with Gasteiger partial charge in [-0.3, -0.25) is 0 Å². The molecule has 0 radical (unpaired) electrons. The van der Waals surface area contributed by atoms with Crippen LogP contribution in [-0.2, 0) is 5.92 Å². The minimum absolute atomic E-state index is 0.123. The summed E-state index contributed by atoms with van der Waals surface area (Å²) in [5.74, 6) is -2.32. The van der Waals surface area contributed by atoms with Crippen molar-refractivity contribution in [2.45, 2.75) is 25.3 Å². The third-order valence-corrected chi connectivity index (χ3v) is 3.20. The van der Waals surface area contributed by atoms with Gasteiger partial charge in [0, 0.05) is 30.9 Å². The van der Waals surface area contributed by atoms with Crippen LogP contribution in [-0.4, -0.2) is 24.1 Å². The Bertz CT molecular complexity index is 442. The Morgan fingerprint density at radius 1 is 1.56 bits per heavy atom. The van der Waals surface area contributed by atoms with Gasteiger partial charge in [0.15, 0.2) is 0 Å². The predicted molar refractivity (Wildman–Crippen MR) is 67.8 cm³/mol. The van der Waals surface area contributed by atoms with Crippen LogP contribution in [0.3, 0.4) is 0 Å². The van der Waals surface area contributed by atoms with Crippen molar-refractivity contribution in [1.29, 1.82) is 0 Å². The van der Waals surface area contributed by atoms with E-state index < -0.39 is 5.92 Å². The van der Waals surface area contributed by atoms with Crippen molar-refractivity contribution >= 4 is 5.82 Å². The molecule has 1 aliphatic rings. The first-order valence-corrected chi connectivity index (χ1v) is 5.92. The van der Waals surface area contributed by atoms with E-state index in [2.05, 4.69) is 11.6 Å². The van der Waals surface area contributed by atoms with Crippen LogP contribution in [0.25, 0.3) is 0 Å². The molecule has 1 fully saturated rings. The molecule has 3 nitrogen and oxygen atoms in total. The van der Waals surface area contributed by atoms with E-state index in [0.717, 1.165) is 19.5 Å². The van der Waals surface area contributed by atoms with Crippen molar-refractivity contribution in [3.8, 4) is 0 Å². The molecular weight excluding hydrogens is 236 g/mol. The Morgan fingerprint density at radius 3 is 2.72 bits per heavy atom. The summed E-state index contributed by atoms with van der Waals surface area (Å²) in [6.07, 6.45) is 2.12. The Morgan fingerprint density at radius 2 is 2.28 bits per heavy atom. The molecule has 98 valence electrons. The summed E-state index contributed by atoms with van der Waals surface area (Å²) >= 11 is 0. The number of alkyl halides is 2. The average Bonchev–Trinajstić information content (AvgIpc) is 2.76. The monoisotopic (exact) mass is 253 g/mol. The van der Waals surface area contributed by atoms with Gasteiger partial charge in [0.1, 0.15) is 5.82 Å². The van der Waals surface area contributed by atoms with Gasteiger partial charge in [-0.15, -0.1) is 0 Å². The van der Waals surface area contributed by atoms with E-state index in [9.17, 15) is 8.78 Å². The number of anilines is 1. The van der Waals surface area contributed by atoms with Crippen molar-refractivity contribution in [3.05, 3.63) is 36.0 Å². The molecule has 1 aliphatic heterocycles. The minimum Gasteiger partial charge on any atom is -0.355 e. The summed E-state index contributed by atoms with van der Waals surface area (Å²) < 4.78 is 27.4. The van der Waals surface area contributed by atoms with E-state index in [1.807, 2.05) is 4.90 Å². The highest BCUT2D eigenvalue weighted by atomic mass is 19.3. The van der Waals surface area contributed by atoms with Crippen molar-refractivity contribution in [2.75, 3.05) is 18.0 Å². The largest absolute Gasteiger partial charge is 0.355 e. The van der Waals surface area contributed by atoms with Crippen LogP contribution in [0.2, 0.25) is 0 Å². The lowest BCUT2D eigenvalue weighted by Crippen LogP contribution is -2.27. The van der Waals surface area contributed by atoms with Gasteiger partial charge in [-0.05, 0) is 31.1 Å². The van der Waals surface area contributed by atoms with Gasteiger partial charge in [0.25, 0.3) is 5.92 Å². The third-order valence-electron chi connectivity index (χ3n) is 3.20. The molecule has 0 saturated carbocycles. The molecule has 0 aromatic carbocycles. The highest BCUT2D eigenvalue weighted by Crippen LogP contribution is 2.34. The van der Waals surface area contributed by atoms with Crippen molar-refractivity contribution in [3.63, 3.8) is 0 Å². The molecule has 0 amide bonds. The van der Waals surface area contributed by atoms with E-state index in [-0.39, 0.29) is 17.2 Å². The Hall–Kier alpha value is -1.49. The molecule has 1 unspecified atom stereocenters. The molecule has 2 N–H and O–H groups in total. The molecule has 18 heavy (non-hydrogen) atoms. The van der Waals surface area contributed by atoms with Crippen LogP contribution in [0.4, 0.5) is 14.6 Å². The average molecular weight is 253 g/mol. The summed E-state index contributed by atoms with van der Waals surface area (Å²) in [7, 11) is 0. The number of nitrogens with two attached hydrogens (primary N) is 1. The first-order chi connectivity index (χ1) is 8.41. The molecule has 2 heterocycles. The van der Waals surface area contributed by atoms with Gasteiger partial charge in [-0.2, -0.15) is 8.78 Å². The highest BCUT2D eigenvalue weighted by molar-refractivity contribution is 5.42. The maximum absolute atomic E-state index is 13.7. The number of allylic oxidation sites excluding steroid dienone is 1. The topological polar surface area (TPSA) is 42.1 Å². The highest BCUT2D eigenvalue weighted by Gasteiger charge is 2.33. The smallest absolute Gasteiger partial charge is 0.295 e. The second-order valence-corrected chi connectivity index (χ2v) is 4.75. The molecule has 2 rings (SSSR count). The van der Waals surface area contributed by atoms with Crippen LogP contribution < -0.4 is 10.6 Å². The molecule has 1 aromatic rings. The zero-order chi connectivity index (χ0) is 13.3. The van der Waals surface area contributed by atoms with E-state index in [0.29, 0.717) is 5.82 Å². The summed E-state index contributed by atoms with van der Waals surface area (Å²) in [5, 5.41) is 0. The van der Waals surface area contributed by atoms with E-state index in [1.54, 1.807) is 6.07 Å². The number of halogens is 2. The SMILES string of the molecule is C=C(C)C(F)(F)c1ccc(N2CCC(N)C2)nc1. The van der Waals surface area contributed by atoms with Gasteiger partial charge < -0.3 is 10.6 Å². The molecule has 5 heteroatoms. The Labute approximate surface area is 105 Å². The second kappa shape index (κ2) is 4.65. The Kier molecular flexibility index (Phi) is 3.34. The molecule has 1 saturated heterocycles. The zero-order valence-electron chi connectivity index (χ0n) is 10.4. The van der Waals surface area contributed by atoms with Crippen LogP contribution in [0.15, 0.2) is 30.5 Å². The maximum Gasteiger partial charge on any atom is 0.295 e. The number of aromatic nitrogens is 1.